The van der Waals surface area contributed by atoms with Gasteiger partial charge in [0.2, 0.25) is 0 Å². The number of halogens is 1. The highest BCUT2D eigenvalue weighted by Gasteiger charge is 2.06. The van der Waals surface area contributed by atoms with Gasteiger partial charge in [0.25, 0.3) is 0 Å². The van der Waals surface area contributed by atoms with Crippen molar-refractivity contribution in [3.8, 4) is 22.3 Å². The van der Waals surface area contributed by atoms with Gasteiger partial charge in [0.05, 0.1) is 0 Å². The molecule has 0 N–H and O–H groups in total. The van der Waals surface area contributed by atoms with Crippen molar-refractivity contribution in [2.45, 2.75) is 20.8 Å². The molecule has 0 aliphatic heterocycles. The molecule has 0 unspecified atom stereocenters. The SMILES string of the molecule is Cc1cc(C)cc(-c2ccc(-c3ccc(F)cc3)cc2C)c1. The second-order valence-corrected chi connectivity index (χ2v) is 5.91. The Morgan fingerprint density at radius 2 is 1.18 bits per heavy atom. The van der Waals surface area contributed by atoms with E-state index in [1.807, 2.05) is 12.1 Å². The van der Waals surface area contributed by atoms with E-state index in [1.165, 1.54) is 39.9 Å². The largest absolute Gasteiger partial charge is 0.207 e. The normalized spacial score (nSPS) is 10.7. The van der Waals surface area contributed by atoms with Crippen LogP contribution in [0.15, 0.2) is 60.7 Å². The van der Waals surface area contributed by atoms with Gasteiger partial charge in [0.15, 0.2) is 0 Å². The minimum Gasteiger partial charge on any atom is -0.207 e. The quantitative estimate of drug-likeness (QED) is 0.536. The predicted octanol–water partition coefficient (Wildman–Crippen LogP) is 6.08. The van der Waals surface area contributed by atoms with Gasteiger partial charge < -0.3 is 0 Å². The first-order valence-corrected chi connectivity index (χ1v) is 7.48. The highest BCUT2D eigenvalue weighted by atomic mass is 19.1. The van der Waals surface area contributed by atoms with E-state index < -0.39 is 0 Å². The summed E-state index contributed by atoms with van der Waals surface area (Å²) in [5.41, 5.74) is 8.43. The van der Waals surface area contributed by atoms with Crippen LogP contribution in [0.2, 0.25) is 0 Å². The van der Waals surface area contributed by atoms with E-state index in [2.05, 4.69) is 57.2 Å². The van der Waals surface area contributed by atoms with Crippen molar-refractivity contribution < 1.29 is 4.39 Å². The summed E-state index contributed by atoms with van der Waals surface area (Å²) < 4.78 is 13.0. The molecule has 1 heteroatoms. The van der Waals surface area contributed by atoms with Gasteiger partial charge in [-0.2, -0.15) is 0 Å². The van der Waals surface area contributed by atoms with Gasteiger partial charge in [-0.25, -0.2) is 4.39 Å². The zero-order valence-corrected chi connectivity index (χ0v) is 13.2. The first kappa shape index (κ1) is 14.5. The Balaban J connectivity index is 2.03. The van der Waals surface area contributed by atoms with Crippen molar-refractivity contribution in [3.05, 3.63) is 83.2 Å². The fourth-order valence-corrected chi connectivity index (χ4v) is 2.94. The molecule has 0 atom stereocenters. The molecule has 3 aromatic rings. The third kappa shape index (κ3) is 2.94. The molecule has 0 saturated carbocycles. The van der Waals surface area contributed by atoms with E-state index >= 15 is 0 Å². The van der Waals surface area contributed by atoms with Gasteiger partial charge in [-0.1, -0.05) is 59.7 Å². The van der Waals surface area contributed by atoms with Gasteiger partial charge >= 0.3 is 0 Å². The Morgan fingerprint density at radius 1 is 0.591 bits per heavy atom. The first-order valence-electron chi connectivity index (χ1n) is 7.48. The maximum Gasteiger partial charge on any atom is 0.123 e. The maximum atomic E-state index is 13.0. The van der Waals surface area contributed by atoms with E-state index in [1.54, 1.807) is 0 Å². The second kappa shape index (κ2) is 5.76. The summed E-state index contributed by atoms with van der Waals surface area (Å²) in [5.74, 6) is -0.202. The molecule has 0 spiro atoms. The molecule has 0 saturated heterocycles. The van der Waals surface area contributed by atoms with Crippen molar-refractivity contribution >= 4 is 0 Å². The van der Waals surface area contributed by atoms with Crippen LogP contribution in [0.4, 0.5) is 4.39 Å². The van der Waals surface area contributed by atoms with E-state index in [-0.39, 0.29) is 5.82 Å². The summed E-state index contributed by atoms with van der Waals surface area (Å²) in [6, 6.07) is 19.7. The topological polar surface area (TPSA) is 0 Å². The summed E-state index contributed by atoms with van der Waals surface area (Å²) >= 11 is 0. The van der Waals surface area contributed by atoms with Crippen LogP contribution >= 0.6 is 0 Å². The minimum absolute atomic E-state index is 0.202. The molecule has 22 heavy (non-hydrogen) atoms. The molecule has 3 aromatic carbocycles. The Hall–Kier alpha value is -2.41. The summed E-state index contributed by atoms with van der Waals surface area (Å²) in [6.07, 6.45) is 0. The fraction of sp³-hybridized carbons (Fsp3) is 0.143. The van der Waals surface area contributed by atoms with Crippen LogP contribution < -0.4 is 0 Å². The van der Waals surface area contributed by atoms with E-state index in [0.29, 0.717) is 0 Å². The predicted molar refractivity (Wildman–Crippen MR) is 91.5 cm³/mol. The van der Waals surface area contributed by atoms with Crippen LogP contribution in [0, 0.1) is 26.6 Å². The smallest absolute Gasteiger partial charge is 0.123 e. The number of aryl methyl sites for hydroxylation is 3. The average Bonchev–Trinajstić information content (AvgIpc) is 2.46. The van der Waals surface area contributed by atoms with Crippen LogP contribution in [0.5, 0.6) is 0 Å². The van der Waals surface area contributed by atoms with Crippen LogP contribution in [-0.4, -0.2) is 0 Å². The Kier molecular flexibility index (Phi) is 3.81. The molecular formula is C21H19F. The molecule has 0 bridgehead atoms. The number of hydrogen-bond donors (Lipinski definition) is 0. The monoisotopic (exact) mass is 290 g/mol. The van der Waals surface area contributed by atoms with Crippen LogP contribution in [0.1, 0.15) is 16.7 Å². The van der Waals surface area contributed by atoms with Gasteiger partial charge in [-0.15, -0.1) is 0 Å². The molecule has 110 valence electrons. The standard InChI is InChI=1S/C21H19F/c1-14-10-15(2)12-19(11-14)21-9-6-18(13-16(21)3)17-4-7-20(22)8-5-17/h4-13H,1-3H3. The first-order chi connectivity index (χ1) is 10.5. The molecular weight excluding hydrogens is 271 g/mol. The van der Waals surface area contributed by atoms with Crippen molar-refractivity contribution in [3.63, 3.8) is 0 Å². The molecule has 0 nitrogen and oxygen atoms in total. The van der Waals surface area contributed by atoms with Crippen molar-refractivity contribution in [1.29, 1.82) is 0 Å². The van der Waals surface area contributed by atoms with Gasteiger partial charge in [0.1, 0.15) is 5.82 Å². The third-order valence-corrected chi connectivity index (χ3v) is 3.94. The highest BCUT2D eigenvalue weighted by Crippen LogP contribution is 2.29. The Morgan fingerprint density at radius 3 is 1.77 bits per heavy atom. The molecule has 3 rings (SSSR count). The van der Waals surface area contributed by atoms with Crippen LogP contribution in [-0.2, 0) is 0 Å². The molecule has 0 amide bonds. The molecule has 0 aliphatic rings. The molecule has 0 radical (unpaired) electrons. The van der Waals surface area contributed by atoms with Crippen molar-refractivity contribution in [1.82, 2.24) is 0 Å². The number of hydrogen-bond acceptors (Lipinski definition) is 0. The zero-order chi connectivity index (χ0) is 15.7. The Labute approximate surface area is 131 Å². The third-order valence-electron chi connectivity index (χ3n) is 3.94. The highest BCUT2D eigenvalue weighted by molar-refractivity contribution is 5.74. The number of rotatable bonds is 2. The van der Waals surface area contributed by atoms with E-state index in [9.17, 15) is 4.39 Å². The van der Waals surface area contributed by atoms with Crippen LogP contribution in [0.25, 0.3) is 22.3 Å². The minimum atomic E-state index is -0.202. The van der Waals surface area contributed by atoms with E-state index in [0.717, 1.165) is 11.1 Å². The maximum absolute atomic E-state index is 13.0. The average molecular weight is 290 g/mol. The van der Waals surface area contributed by atoms with Gasteiger partial charge in [0, 0.05) is 0 Å². The van der Waals surface area contributed by atoms with Gasteiger partial charge in [-0.3, -0.25) is 0 Å². The van der Waals surface area contributed by atoms with Crippen molar-refractivity contribution in [2.75, 3.05) is 0 Å². The van der Waals surface area contributed by atoms with Gasteiger partial charge in [-0.05, 0) is 60.7 Å². The second-order valence-electron chi connectivity index (χ2n) is 5.91. The summed E-state index contributed by atoms with van der Waals surface area (Å²) in [7, 11) is 0. The number of benzene rings is 3. The summed E-state index contributed by atoms with van der Waals surface area (Å²) in [5, 5.41) is 0. The zero-order valence-electron chi connectivity index (χ0n) is 13.2. The van der Waals surface area contributed by atoms with E-state index in [4.69, 9.17) is 0 Å². The summed E-state index contributed by atoms with van der Waals surface area (Å²) in [4.78, 5) is 0. The molecule has 0 aromatic heterocycles. The Bertz CT molecular complexity index is 794. The fourth-order valence-electron chi connectivity index (χ4n) is 2.94. The lowest BCUT2D eigenvalue weighted by molar-refractivity contribution is 0.628. The van der Waals surface area contributed by atoms with Crippen molar-refractivity contribution in [2.24, 2.45) is 0 Å². The lowest BCUT2D eigenvalue weighted by Gasteiger charge is -2.11. The van der Waals surface area contributed by atoms with Crippen LogP contribution in [0.3, 0.4) is 0 Å². The lowest BCUT2D eigenvalue weighted by Crippen LogP contribution is -1.88. The molecule has 0 heterocycles. The lowest BCUT2D eigenvalue weighted by atomic mass is 9.94. The molecule has 0 fully saturated rings. The molecule has 0 aliphatic carbocycles. The summed E-state index contributed by atoms with van der Waals surface area (Å²) in [6.45, 7) is 6.37.